The lowest BCUT2D eigenvalue weighted by atomic mass is 10.00. The van der Waals surface area contributed by atoms with Crippen LogP contribution in [0.5, 0.6) is 5.88 Å². The van der Waals surface area contributed by atoms with E-state index in [0.29, 0.717) is 22.4 Å². The number of fused-ring (bicyclic) bond motifs is 1. The highest BCUT2D eigenvalue weighted by Crippen LogP contribution is 2.32. The Bertz CT molecular complexity index is 1360. The Hall–Kier alpha value is -3.55. The Morgan fingerprint density at radius 1 is 1.03 bits per heavy atom. The number of benzene rings is 3. The minimum Gasteiger partial charge on any atom is -0.494 e. The van der Waals surface area contributed by atoms with Crippen LogP contribution in [-0.2, 0) is 11.3 Å². The first-order valence-electron chi connectivity index (χ1n) is 11.6. The molecule has 2 N–H and O–H groups in total. The monoisotopic (exact) mass is 485 g/mol. The smallest absolute Gasteiger partial charge is 0.337 e. The third-order valence-corrected chi connectivity index (χ3v) is 7.11. The maximum atomic E-state index is 12.0. The molecule has 0 saturated carbocycles. The van der Waals surface area contributed by atoms with Gasteiger partial charge in [0.1, 0.15) is 0 Å². The number of aromatic hydroxyl groups is 1. The Morgan fingerprint density at radius 2 is 1.77 bits per heavy atom. The van der Waals surface area contributed by atoms with E-state index < -0.39 is 5.97 Å². The maximum Gasteiger partial charge on any atom is 0.337 e. The molecule has 0 amide bonds. The molecule has 1 aliphatic rings. The van der Waals surface area contributed by atoms with Gasteiger partial charge in [0.15, 0.2) is 5.88 Å². The van der Waals surface area contributed by atoms with Crippen LogP contribution in [0.3, 0.4) is 0 Å². The van der Waals surface area contributed by atoms with Crippen LogP contribution in [0.15, 0.2) is 77.8 Å². The SMILES string of the molecule is COC(=O)c1ccc2c(C(=Nc3ccc(CN4CCSCC4)cc3)c3ccccc3)c(O)[nH]c2c1. The summed E-state index contributed by atoms with van der Waals surface area (Å²) in [5.74, 6) is 1.96. The Kier molecular flexibility index (Phi) is 6.88. The van der Waals surface area contributed by atoms with Gasteiger partial charge in [0.05, 0.1) is 29.6 Å². The van der Waals surface area contributed by atoms with Crippen LogP contribution in [0.4, 0.5) is 5.69 Å². The van der Waals surface area contributed by atoms with Gasteiger partial charge < -0.3 is 14.8 Å². The van der Waals surface area contributed by atoms with Crippen LogP contribution in [0.2, 0.25) is 0 Å². The minimum absolute atomic E-state index is 0.00390. The van der Waals surface area contributed by atoms with Crippen molar-refractivity contribution >= 4 is 40.0 Å². The fourth-order valence-corrected chi connectivity index (χ4v) is 5.33. The molecule has 0 unspecified atom stereocenters. The van der Waals surface area contributed by atoms with Crippen LogP contribution in [0, 0.1) is 0 Å². The summed E-state index contributed by atoms with van der Waals surface area (Å²) in [5, 5.41) is 11.7. The molecule has 6 nitrogen and oxygen atoms in total. The number of aliphatic imine (C=N–C) groups is 1. The molecule has 0 radical (unpaired) electrons. The van der Waals surface area contributed by atoms with Gasteiger partial charge in [0, 0.05) is 47.6 Å². The van der Waals surface area contributed by atoms with Crippen LogP contribution in [0.25, 0.3) is 10.9 Å². The molecule has 3 aromatic carbocycles. The summed E-state index contributed by atoms with van der Waals surface area (Å²) < 4.78 is 4.83. The molecular formula is C28H27N3O3S. The maximum absolute atomic E-state index is 12.0. The molecule has 1 fully saturated rings. The van der Waals surface area contributed by atoms with Gasteiger partial charge in [-0.05, 0) is 29.8 Å². The van der Waals surface area contributed by atoms with Crippen LogP contribution in [0.1, 0.15) is 27.0 Å². The third-order valence-electron chi connectivity index (χ3n) is 6.17. The Balaban J connectivity index is 1.53. The predicted octanol–water partition coefficient (Wildman–Crippen LogP) is 5.38. The minimum atomic E-state index is -0.428. The van der Waals surface area contributed by atoms with Gasteiger partial charge in [-0.2, -0.15) is 11.8 Å². The quantitative estimate of drug-likeness (QED) is 0.283. The lowest BCUT2D eigenvalue weighted by molar-refractivity contribution is 0.0601. The molecular weight excluding hydrogens is 458 g/mol. The fourth-order valence-electron chi connectivity index (χ4n) is 4.35. The number of ether oxygens (including phenoxy) is 1. The number of carbonyl (C=O) groups excluding carboxylic acids is 1. The molecule has 0 atom stereocenters. The number of rotatable bonds is 6. The molecule has 2 heterocycles. The van der Waals surface area contributed by atoms with Crippen molar-refractivity contribution in [1.82, 2.24) is 9.88 Å². The molecule has 35 heavy (non-hydrogen) atoms. The van der Waals surface area contributed by atoms with E-state index >= 15 is 0 Å². The lowest BCUT2D eigenvalue weighted by Crippen LogP contribution is -2.31. The first kappa shape index (κ1) is 23.2. The molecule has 0 spiro atoms. The van der Waals surface area contributed by atoms with Gasteiger partial charge in [-0.15, -0.1) is 0 Å². The van der Waals surface area contributed by atoms with Crippen molar-refractivity contribution in [2.75, 3.05) is 31.7 Å². The number of carbonyl (C=O) groups is 1. The van der Waals surface area contributed by atoms with Crippen LogP contribution >= 0.6 is 11.8 Å². The molecule has 5 rings (SSSR count). The molecule has 0 bridgehead atoms. The molecule has 178 valence electrons. The van der Waals surface area contributed by atoms with Gasteiger partial charge in [-0.3, -0.25) is 4.90 Å². The predicted molar refractivity (Wildman–Crippen MR) is 142 cm³/mol. The number of thioether (sulfide) groups is 1. The first-order chi connectivity index (χ1) is 17.1. The number of methoxy groups -OCH3 is 1. The summed E-state index contributed by atoms with van der Waals surface area (Å²) in [6, 6.07) is 23.3. The number of aromatic nitrogens is 1. The first-order valence-corrected chi connectivity index (χ1v) is 12.7. The number of hydrogen-bond acceptors (Lipinski definition) is 6. The molecule has 7 heteroatoms. The molecule has 1 saturated heterocycles. The second-order valence-corrected chi connectivity index (χ2v) is 9.71. The van der Waals surface area contributed by atoms with E-state index in [4.69, 9.17) is 9.73 Å². The summed E-state index contributed by atoms with van der Waals surface area (Å²) in [5.41, 5.74) is 5.26. The fraction of sp³-hybridized carbons (Fsp3) is 0.214. The number of esters is 1. The zero-order valence-electron chi connectivity index (χ0n) is 19.5. The average Bonchev–Trinajstić information content (AvgIpc) is 3.23. The normalized spacial score (nSPS) is 14.8. The average molecular weight is 486 g/mol. The van der Waals surface area contributed by atoms with Gasteiger partial charge in [0.25, 0.3) is 0 Å². The van der Waals surface area contributed by atoms with E-state index in [9.17, 15) is 9.90 Å². The van der Waals surface area contributed by atoms with Crippen LogP contribution in [-0.4, -0.2) is 58.4 Å². The van der Waals surface area contributed by atoms with Crippen molar-refractivity contribution in [3.8, 4) is 5.88 Å². The summed E-state index contributed by atoms with van der Waals surface area (Å²) in [6.07, 6.45) is 0. The summed E-state index contributed by atoms with van der Waals surface area (Å²) in [7, 11) is 1.35. The molecule has 1 aromatic heterocycles. The number of nitrogens with one attached hydrogen (secondary N) is 1. The second-order valence-electron chi connectivity index (χ2n) is 8.48. The van der Waals surface area contributed by atoms with Gasteiger partial charge in [-0.25, -0.2) is 9.79 Å². The van der Waals surface area contributed by atoms with E-state index in [1.807, 2.05) is 60.3 Å². The third kappa shape index (κ3) is 5.11. The summed E-state index contributed by atoms with van der Waals surface area (Å²) in [6.45, 7) is 3.20. The summed E-state index contributed by atoms with van der Waals surface area (Å²) >= 11 is 2.01. The number of nitrogens with zero attached hydrogens (tertiary/aromatic N) is 2. The van der Waals surface area contributed by atoms with Crippen molar-refractivity contribution < 1.29 is 14.6 Å². The van der Waals surface area contributed by atoms with E-state index in [-0.39, 0.29) is 5.88 Å². The van der Waals surface area contributed by atoms with Gasteiger partial charge >= 0.3 is 5.97 Å². The molecule has 0 aliphatic carbocycles. The zero-order chi connectivity index (χ0) is 24.2. The Labute approximate surface area is 208 Å². The van der Waals surface area contributed by atoms with E-state index in [0.717, 1.165) is 36.3 Å². The van der Waals surface area contributed by atoms with Crippen molar-refractivity contribution in [2.45, 2.75) is 6.54 Å². The lowest BCUT2D eigenvalue weighted by Gasteiger charge is -2.26. The van der Waals surface area contributed by atoms with E-state index in [1.165, 1.54) is 24.2 Å². The Morgan fingerprint density at radius 3 is 2.49 bits per heavy atom. The number of hydrogen-bond donors (Lipinski definition) is 2. The number of H-pyrrole nitrogens is 1. The van der Waals surface area contributed by atoms with E-state index in [2.05, 4.69) is 22.0 Å². The van der Waals surface area contributed by atoms with Crippen LogP contribution < -0.4 is 0 Å². The second kappa shape index (κ2) is 10.4. The van der Waals surface area contributed by atoms with Crippen molar-refractivity contribution in [1.29, 1.82) is 0 Å². The highest BCUT2D eigenvalue weighted by Gasteiger charge is 2.20. The van der Waals surface area contributed by atoms with E-state index in [1.54, 1.807) is 12.1 Å². The van der Waals surface area contributed by atoms with Crippen molar-refractivity contribution in [3.05, 3.63) is 95.1 Å². The highest BCUT2D eigenvalue weighted by molar-refractivity contribution is 7.99. The standard InChI is InChI=1S/C28H27N3O3S/c1-34-28(33)21-9-12-23-24(17-21)30-27(32)25(23)26(20-5-3-2-4-6-20)29-22-10-7-19(8-11-22)18-31-13-15-35-16-14-31/h2-12,17,30,32H,13-16,18H2,1H3. The largest absolute Gasteiger partial charge is 0.494 e. The molecule has 4 aromatic rings. The molecule has 1 aliphatic heterocycles. The van der Waals surface area contributed by atoms with Crippen molar-refractivity contribution in [3.63, 3.8) is 0 Å². The zero-order valence-corrected chi connectivity index (χ0v) is 20.3. The summed E-state index contributed by atoms with van der Waals surface area (Å²) in [4.78, 5) is 22.4. The van der Waals surface area contributed by atoms with Gasteiger partial charge in [-0.1, -0.05) is 48.5 Å². The van der Waals surface area contributed by atoms with Gasteiger partial charge in [0.2, 0.25) is 0 Å². The highest BCUT2D eigenvalue weighted by atomic mass is 32.2. The topological polar surface area (TPSA) is 77.9 Å². The van der Waals surface area contributed by atoms with Crippen molar-refractivity contribution in [2.24, 2.45) is 4.99 Å². The number of aromatic amines is 1.